The van der Waals surface area contributed by atoms with Crippen molar-refractivity contribution in [3.05, 3.63) is 65.7 Å². The third-order valence-electron chi connectivity index (χ3n) is 8.32. The quantitative estimate of drug-likeness (QED) is 0.0653. The fourth-order valence-electron chi connectivity index (χ4n) is 5.65. The first-order valence-corrected chi connectivity index (χ1v) is 19.0. The Hall–Kier alpha value is -5.71. The molecule has 312 valence electrons. The van der Waals surface area contributed by atoms with Crippen LogP contribution in [0.4, 0.5) is 9.59 Å². The lowest BCUT2D eigenvalue weighted by atomic mass is 10.0. The van der Waals surface area contributed by atoms with E-state index in [-0.39, 0.29) is 49.9 Å². The minimum atomic E-state index is -1.25. The molecular weight excluding hydrogens is 738 g/mol. The number of benzene rings is 2. The van der Waals surface area contributed by atoms with Crippen molar-refractivity contribution in [2.75, 3.05) is 19.6 Å². The van der Waals surface area contributed by atoms with Crippen LogP contribution in [0.2, 0.25) is 0 Å². The Morgan fingerprint density at radius 2 is 1.39 bits per heavy atom. The van der Waals surface area contributed by atoms with Crippen molar-refractivity contribution < 1.29 is 47.8 Å². The number of nitrogens with one attached hydrogen (secondary N) is 6. The van der Waals surface area contributed by atoms with Crippen LogP contribution in [0.15, 0.2) is 54.6 Å². The predicted octanol–water partition coefficient (Wildman–Crippen LogP) is 1.90. The van der Waals surface area contributed by atoms with Crippen LogP contribution >= 0.6 is 0 Å². The zero-order chi connectivity index (χ0) is 42.2. The van der Waals surface area contributed by atoms with Gasteiger partial charge in [0.1, 0.15) is 35.1 Å². The molecule has 1 aliphatic heterocycles. The lowest BCUT2D eigenvalue weighted by molar-refractivity contribution is -0.132. The molecule has 2 aromatic rings. The van der Waals surface area contributed by atoms with Gasteiger partial charge in [-0.1, -0.05) is 42.5 Å². The molecule has 8 N–H and O–H groups in total. The van der Waals surface area contributed by atoms with Crippen molar-refractivity contribution in [1.82, 2.24) is 31.9 Å². The summed E-state index contributed by atoms with van der Waals surface area (Å²) in [6.45, 7) is 10.5. The number of hydrogen-bond donors (Lipinski definition) is 7. The second kappa shape index (κ2) is 21.6. The zero-order valence-electron chi connectivity index (χ0n) is 33.5. The normalized spacial score (nSPS) is 15.5. The van der Waals surface area contributed by atoms with Gasteiger partial charge in [-0.3, -0.25) is 24.0 Å². The Bertz CT molecular complexity index is 1680. The fraction of sp³-hybridized carbons (Fsp3) is 0.525. The molecule has 57 heavy (non-hydrogen) atoms. The molecule has 1 fully saturated rings. The maximum absolute atomic E-state index is 13.9. The smallest absolute Gasteiger partial charge is 0.444 e. The summed E-state index contributed by atoms with van der Waals surface area (Å²) >= 11 is 0. The van der Waals surface area contributed by atoms with Crippen LogP contribution < -0.4 is 42.4 Å². The Labute approximate surface area is 333 Å². The van der Waals surface area contributed by atoms with Gasteiger partial charge >= 0.3 is 12.2 Å². The van der Waals surface area contributed by atoms with E-state index in [2.05, 4.69) is 31.9 Å². The number of ether oxygens (including phenoxy) is 3. The number of amides is 6. The van der Waals surface area contributed by atoms with Crippen molar-refractivity contribution in [1.29, 1.82) is 0 Å². The number of primary amides is 1. The molecule has 1 saturated heterocycles. The molecule has 4 atom stereocenters. The third kappa shape index (κ3) is 17.7. The number of rotatable bonds is 18. The van der Waals surface area contributed by atoms with Crippen molar-refractivity contribution in [2.45, 2.75) is 115 Å². The lowest BCUT2D eigenvalue weighted by Gasteiger charge is -2.25. The molecule has 0 bridgehead atoms. The summed E-state index contributed by atoms with van der Waals surface area (Å²) in [4.78, 5) is 90.0. The van der Waals surface area contributed by atoms with Gasteiger partial charge in [0.25, 0.3) is 0 Å². The highest BCUT2D eigenvalue weighted by molar-refractivity contribution is 5.94. The van der Waals surface area contributed by atoms with Gasteiger partial charge in [-0.2, -0.15) is 0 Å². The first kappa shape index (κ1) is 45.7. The average Bonchev–Trinajstić information content (AvgIpc) is 3.66. The van der Waals surface area contributed by atoms with Gasteiger partial charge in [0.05, 0.1) is 12.6 Å². The average molecular weight is 796 g/mol. The molecule has 1 aliphatic rings. The van der Waals surface area contributed by atoms with Crippen LogP contribution in [-0.2, 0) is 46.3 Å². The van der Waals surface area contributed by atoms with E-state index in [0.717, 1.165) is 18.5 Å². The van der Waals surface area contributed by atoms with Crippen molar-refractivity contribution >= 4 is 41.8 Å². The highest BCUT2D eigenvalue weighted by atomic mass is 16.7. The molecular formula is C40H57N7O10. The van der Waals surface area contributed by atoms with Crippen LogP contribution in [0.1, 0.15) is 78.4 Å². The Kier molecular flexibility index (Phi) is 17.3. The Morgan fingerprint density at radius 3 is 1.98 bits per heavy atom. The number of carbonyl (C=O) groups excluding carboxylic acids is 7. The van der Waals surface area contributed by atoms with Gasteiger partial charge in [0, 0.05) is 19.4 Å². The minimum Gasteiger partial charge on any atom is -0.444 e. The van der Waals surface area contributed by atoms with E-state index in [1.54, 1.807) is 77.9 Å². The molecule has 17 nitrogen and oxygen atoms in total. The van der Waals surface area contributed by atoms with Crippen molar-refractivity contribution in [3.63, 3.8) is 0 Å². The van der Waals surface area contributed by atoms with Gasteiger partial charge in [-0.25, -0.2) is 9.59 Å². The van der Waals surface area contributed by atoms with Crippen LogP contribution in [0.3, 0.4) is 0 Å². The fourth-order valence-corrected chi connectivity index (χ4v) is 5.65. The number of nitrogens with two attached hydrogens (primary N) is 1. The molecule has 0 aliphatic carbocycles. The molecule has 0 radical (unpaired) electrons. The monoisotopic (exact) mass is 795 g/mol. The minimum absolute atomic E-state index is 0.0470. The maximum atomic E-state index is 13.9. The molecule has 0 unspecified atom stereocenters. The van der Waals surface area contributed by atoms with Crippen LogP contribution in [0, 0.1) is 0 Å². The van der Waals surface area contributed by atoms with E-state index in [1.807, 2.05) is 6.07 Å². The molecule has 2 aromatic carbocycles. The lowest BCUT2D eigenvalue weighted by Crippen LogP contribution is -2.56. The summed E-state index contributed by atoms with van der Waals surface area (Å²) in [7, 11) is 0. The summed E-state index contributed by atoms with van der Waals surface area (Å²) in [5, 5.41) is 16.3. The molecule has 0 saturated carbocycles. The summed E-state index contributed by atoms with van der Waals surface area (Å²) < 4.78 is 15.8. The van der Waals surface area contributed by atoms with Crippen LogP contribution in [0.25, 0.3) is 0 Å². The third-order valence-corrected chi connectivity index (χ3v) is 8.32. The van der Waals surface area contributed by atoms with Crippen molar-refractivity contribution in [3.8, 4) is 5.75 Å². The topological polar surface area (TPSA) is 245 Å². The van der Waals surface area contributed by atoms with Gasteiger partial charge in [-0.15, -0.1) is 0 Å². The van der Waals surface area contributed by atoms with E-state index in [1.165, 1.54) is 12.1 Å². The van der Waals surface area contributed by atoms with E-state index in [0.29, 0.717) is 12.0 Å². The summed E-state index contributed by atoms with van der Waals surface area (Å²) in [5.74, 6) is -2.89. The Balaban J connectivity index is 1.74. The van der Waals surface area contributed by atoms with Gasteiger partial charge in [-0.05, 0) is 97.0 Å². The molecule has 0 aromatic heterocycles. The second-order valence-electron chi connectivity index (χ2n) is 15.7. The molecule has 0 spiro atoms. The number of hydrogen-bond acceptors (Lipinski definition) is 11. The first-order valence-electron chi connectivity index (χ1n) is 19.0. The molecule has 3 rings (SSSR count). The van der Waals surface area contributed by atoms with Gasteiger partial charge in [0.15, 0.2) is 0 Å². The maximum Gasteiger partial charge on any atom is 0.514 e. The highest BCUT2D eigenvalue weighted by Gasteiger charge is 2.30. The Morgan fingerprint density at radius 1 is 0.754 bits per heavy atom. The van der Waals surface area contributed by atoms with Gasteiger partial charge < -0.3 is 51.8 Å². The summed E-state index contributed by atoms with van der Waals surface area (Å²) in [6, 6.07) is 11.3. The summed E-state index contributed by atoms with van der Waals surface area (Å²) in [5.41, 5.74) is 5.21. The zero-order valence-corrected chi connectivity index (χ0v) is 33.5. The largest absolute Gasteiger partial charge is 0.514 e. The molecule has 1 heterocycles. The standard InChI is InChI=1S/C40H57N7O10/c1-39(2,3)56-37(53)47-31(23-26-16-18-27(19-17-26)55-38(54)57-40(4,5)6)36(52)46-29(15-11-21-43-34(50)28-14-10-20-42-28)35(51)44-24-32(48)45-30(33(41)49)22-25-12-8-7-9-13-25/h7-9,12-13,16-19,28-31,42H,10-11,14-15,20-24H2,1-6H3,(H2,41,49)(H,43,50)(H,44,51)(H,45,48)(H,46,52)(H,47,53)/t28-,29+,30-,31-/m0/s1. The van der Waals surface area contributed by atoms with Crippen LogP contribution in [0.5, 0.6) is 5.75 Å². The van der Waals surface area contributed by atoms with Crippen LogP contribution in [-0.4, -0.2) is 96.8 Å². The molecule has 17 heteroatoms. The van der Waals surface area contributed by atoms with E-state index >= 15 is 0 Å². The number of carbonyl (C=O) groups is 7. The molecule has 6 amide bonds. The second-order valence-corrected chi connectivity index (χ2v) is 15.7. The van der Waals surface area contributed by atoms with Crippen molar-refractivity contribution in [2.24, 2.45) is 5.73 Å². The number of alkyl carbamates (subject to hydrolysis) is 1. The van der Waals surface area contributed by atoms with E-state index < -0.39 is 71.7 Å². The predicted molar refractivity (Wildman–Crippen MR) is 210 cm³/mol. The first-order chi connectivity index (χ1) is 26.8. The van der Waals surface area contributed by atoms with E-state index in [4.69, 9.17) is 19.9 Å². The SMILES string of the molecule is CC(C)(C)OC(=O)N[C@@H](Cc1ccc(OC(=O)OC(C)(C)C)cc1)C(=O)N[C@H](CCCNC(=O)[C@@H]1CCCN1)C(=O)NCC(=O)N[C@@H](Cc1ccccc1)C(N)=O. The van der Waals surface area contributed by atoms with Gasteiger partial charge in [0.2, 0.25) is 29.5 Å². The highest BCUT2D eigenvalue weighted by Crippen LogP contribution is 2.17. The van der Waals surface area contributed by atoms with E-state index in [9.17, 15) is 33.6 Å². The summed E-state index contributed by atoms with van der Waals surface area (Å²) in [6.07, 6.45) is 0.218.